The highest BCUT2D eigenvalue weighted by Gasteiger charge is 2.30. The molecule has 6 heteroatoms. The molecule has 1 fully saturated rings. The van der Waals surface area contributed by atoms with E-state index in [0.29, 0.717) is 18.7 Å². The lowest BCUT2D eigenvalue weighted by Gasteiger charge is -2.25. The maximum Gasteiger partial charge on any atom is 0.254 e. The lowest BCUT2D eigenvalue weighted by atomic mass is 10.0. The van der Waals surface area contributed by atoms with Crippen LogP contribution in [0.25, 0.3) is 0 Å². The van der Waals surface area contributed by atoms with E-state index in [0.717, 1.165) is 30.4 Å². The molecule has 0 aliphatic carbocycles. The van der Waals surface area contributed by atoms with Gasteiger partial charge < -0.3 is 9.64 Å². The normalized spacial score (nSPS) is 17.3. The summed E-state index contributed by atoms with van der Waals surface area (Å²) in [6.07, 6.45) is 3.03. The van der Waals surface area contributed by atoms with Crippen molar-refractivity contribution in [2.45, 2.75) is 30.7 Å². The fourth-order valence-electron chi connectivity index (χ4n) is 3.32. The zero-order chi connectivity index (χ0) is 18.7. The van der Waals surface area contributed by atoms with Gasteiger partial charge in [0.05, 0.1) is 17.5 Å². The van der Waals surface area contributed by atoms with Crippen molar-refractivity contribution in [1.29, 1.82) is 0 Å². The summed E-state index contributed by atoms with van der Waals surface area (Å²) in [5.74, 6) is 0.755. The molecule has 26 heavy (non-hydrogen) atoms. The first-order valence-electron chi connectivity index (χ1n) is 8.74. The van der Waals surface area contributed by atoms with Gasteiger partial charge in [-0.25, -0.2) is 8.42 Å². The maximum atomic E-state index is 12.9. The molecule has 2 aromatic rings. The van der Waals surface area contributed by atoms with Crippen molar-refractivity contribution in [1.82, 2.24) is 4.90 Å². The summed E-state index contributed by atoms with van der Waals surface area (Å²) >= 11 is 0. The highest BCUT2D eigenvalue weighted by molar-refractivity contribution is 7.90. The number of carbonyl (C=O) groups is 1. The molecule has 0 N–H and O–H groups in total. The number of sulfone groups is 1. The van der Waals surface area contributed by atoms with Gasteiger partial charge in [0.1, 0.15) is 5.75 Å². The van der Waals surface area contributed by atoms with E-state index in [1.807, 2.05) is 36.1 Å². The van der Waals surface area contributed by atoms with Gasteiger partial charge in [-0.15, -0.1) is 0 Å². The zero-order valence-electron chi connectivity index (χ0n) is 15.0. The molecular formula is C20H23NO4S. The number of carbonyl (C=O) groups excluding carboxylic acids is 1. The molecule has 138 valence electrons. The molecular weight excluding hydrogens is 350 g/mol. The fraction of sp³-hybridized carbons (Fsp3) is 0.350. The van der Waals surface area contributed by atoms with Crippen LogP contribution >= 0.6 is 0 Å². The molecule has 1 saturated heterocycles. The SMILES string of the molecule is CCOc1ccc(C2CCCN2C(=O)c2ccc(S(C)(=O)=O)cc2)cc1. The summed E-state index contributed by atoms with van der Waals surface area (Å²) < 4.78 is 28.6. The van der Waals surface area contributed by atoms with E-state index in [-0.39, 0.29) is 16.8 Å². The van der Waals surface area contributed by atoms with Crippen LogP contribution in [0.2, 0.25) is 0 Å². The standard InChI is InChI=1S/C20H23NO4S/c1-3-25-17-10-6-15(7-11-17)19-5-4-14-21(19)20(22)16-8-12-18(13-9-16)26(2,23)24/h6-13,19H,3-5,14H2,1-2H3. The highest BCUT2D eigenvalue weighted by atomic mass is 32.2. The second kappa shape index (κ2) is 7.50. The quantitative estimate of drug-likeness (QED) is 0.805. The number of hydrogen-bond donors (Lipinski definition) is 0. The van der Waals surface area contributed by atoms with E-state index < -0.39 is 9.84 Å². The Labute approximate surface area is 154 Å². The van der Waals surface area contributed by atoms with Crippen LogP contribution in [0, 0.1) is 0 Å². The zero-order valence-corrected chi connectivity index (χ0v) is 15.8. The topological polar surface area (TPSA) is 63.7 Å². The minimum Gasteiger partial charge on any atom is -0.494 e. The summed E-state index contributed by atoms with van der Waals surface area (Å²) in [5.41, 5.74) is 1.60. The molecule has 1 amide bonds. The molecule has 1 heterocycles. The van der Waals surface area contributed by atoms with Crippen molar-refractivity contribution in [3.8, 4) is 5.75 Å². The number of nitrogens with zero attached hydrogens (tertiary/aromatic N) is 1. The number of amides is 1. The first-order valence-corrected chi connectivity index (χ1v) is 10.6. The number of rotatable bonds is 5. The maximum absolute atomic E-state index is 12.9. The Hall–Kier alpha value is -2.34. The Morgan fingerprint density at radius 3 is 2.35 bits per heavy atom. The Bertz CT molecular complexity index is 873. The van der Waals surface area contributed by atoms with Gasteiger partial charge >= 0.3 is 0 Å². The molecule has 2 aromatic carbocycles. The van der Waals surface area contributed by atoms with Crippen LogP contribution in [0.1, 0.15) is 41.7 Å². The number of ether oxygens (including phenoxy) is 1. The van der Waals surface area contributed by atoms with Crippen LogP contribution in [0.4, 0.5) is 0 Å². The van der Waals surface area contributed by atoms with Gasteiger partial charge in [-0.1, -0.05) is 12.1 Å². The Kier molecular flexibility index (Phi) is 5.32. The van der Waals surface area contributed by atoms with Crippen molar-refractivity contribution < 1.29 is 17.9 Å². The minimum atomic E-state index is -3.26. The van der Waals surface area contributed by atoms with Crippen molar-refractivity contribution in [3.05, 3.63) is 59.7 Å². The van der Waals surface area contributed by atoms with Gasteiger partial charge in [0.15, 0.2) is 9.84 Å². The number of hydrogen-bond acceptors (Lipinski definition) is 4. The molecule has 0 aromatic heterocycles. The van der Waals surface area contributed by atoms with Gasteiger partial charge in [0.2, 0.25) is 0 Å². The van der Waals surface area contributed by atoms with Gasteiger partial charge in [0.25, 0.3) is 5.91 Å². The predicted octanol–water partition coefficient (Wildman–Crippen LogP) is 3.47. The van der Waals surface area contributed by atoms with Gasteiger partial charge in [-0.3, -0.25) is 4.79 Å². The van der Waals surface area contributed by atoms with Crippen LogP contribution in [0.5, 0.6) is 5.75 Å². The summed E-state index contributed by atoms with van der Waals surface area (Å²) in [6.45, 7) is 3.27. The first-order chi connectivity index (χ1) is 12.4. The van der Waals surface area contributed by atoms with Crippen molar-refractivity contribution in [2.75, 3.05) is 19.4 Å². The van der Waals surface area contributed by atoms with Gasteiger partial charge in [0, 0.05) is 18.4 Å². The molecule has 3 rings (SSSR count). The molecule has 0 radical (unpaired) electrons. The van der Waals surface area contributed by atoms with Crippen molar-refractivity contribution in [3.63, 3.8) is 0 Å². The summed E-state index contributed by atoms with van der Waals surface area (Å²) in [6, 6.07) is 14.1. The first kappa shape index (κ1) is 18.5. The second-order valence-corrected chi connectivity index (χ2v) is 8.47. The van der Waals surface area contributed by atoms with Crippen LogP contribution in [-0.2, 0) is 9.84 Å². The third kappa shape index (κ3) is 3.90. The molecule has 1 unspecified atom stereocenters. The van der Waals surface area contributed by atoms with Crippen LogP contribution < -0.4 is 4.74 Å². The monoisotopic (exact) mass is 373 g/mol. The predicted molar refractivity (Wildman–Crippen MR) is 100 cm³/mol. The summed E-state index contributed by atoms with van der Waals surface area (Å²) in [4.78, 5) is 15.0. The van der Waals surface area contributed by atoms with Crippen molar-refractivity contribution >= 4 is 15.7 Å². The molecule has 0 bridgehead atoms. The number of likely N-dealkylation sites (tertiary alicyclic amines) is 1. The molecule has 1 aliphatic rings. The number of benzene rings is 2. The Morgan fingerprint density at radius 2 is 1.77 bits per heavy atom. The molecule has 0 spiro atoms. The van der Waals surface area contributed by atoms with Gasteiger partial charge in [-0.2, -0.15) is 0 Å². The average Bonchev–Trinajstić information content (AvgIpc) is 3.11. The highest BCUT2D eigenvalue weighted by Crippen LogP contribution is 2.34. The minimum absolute atomic E-state index is 0.0350. The summed E-state index contributed by atoms with van der Waals surface area (Å²) in [7, 11) is -3.26. The average molecular weight is 373 g/mol. The molecule has 5 nitrogen and oxygen atoms in total. The third-order valence-electron chi connectivity index (χ3n) is 4.62. The van der Waals surface area contributed by atoms with E-state index in [1.54, 1.807) is 12.1 Å². The lowest BCUT2D eigenvalue weighted by molar-refractivity contribution is 0.0735. The van der Waals surface area contributed by atoms with Crippen LogP contribution in [-0.4, -0.2) is 38.6 Å². The van der Waals surface area contributed by atoms with E-state index >= 15 is 0 Å². The molecule has 1 atom stereocenters. The molecule has 1 aliphatic heterocycles. The lowest BCUT2D eigenvalue weighted by Crippen LogP contribution is -2.30. The second-order valence-electron chi connectivity index (χ2n) is 6.46. The Morgan fingerprint density at radius 1 is 1.12 bits per heavy atom. The third-order valence-corrected chi connectivity index (χ3v) is 5.75. The van der Waals surface area contributed by atoms with Crippen LogP contribution in [0.3, 0.4) is 0 Å². The Balaban J connectivity index is 1.80. The molecule has 0 saturated carbocycles. The van der Waals surface area contributed by atoms with Crippen molar-refractivity contribution in [2.24, 2.45) is 0 Å². The largest absolute Gasteiger partial charge is 0.494 e. The van der Waals surface area contributed by atoms with Crippen LogP contribution in [0.15, 0.2) is 53.4 Å². The van der Waals surface area contributed by atoms with E-state index in [1.165, 1.54) is 12.1 Å². The van der Waals surface area contributed by atoms with E-state index in [4.69, 9.17) is 4.74 Å². The summed E-state index contributed by atoms with van der Waals surface area (Å²) in [5, 5.41) is 0. The van der Waals surface area contributed by atoms with E-state index in [9.17, 15) is 13.2 Å². The fourth-order valence-corrected chi connectivity index (χ4v) is 3.95. The van der Waals surface area contributed by atoms with E-state index in [2.05, 4.69) is 0 Å². The van der Waals surface area contributed by atoms with Gasteiger partial charge in [-0.05, 0) is 61.7 Å². The smallest absolute Gasteiger partial charge is 0.254 e.